The first-order chi connectivity index (χ1) is 9.10. The number of hydrogen-bond acceptors (Lipinski definition) is 4. The molecular formula is C15H26N2OS. The van der Waals surface area contributed by atoms with E-state index in [4.69, 9.17) is 12.2 Å². The number of nitrogens with zero attached hydrogens (tertiary/aromatic N) is 2. The molecule has 4 heteroatoms. The van der Waals surface area contributed by atoms with Gasteiger partial charge < -0.3 is 9.80 Å². The third-order valence-electron chi connectivity index (χ3n) is 3.43. The van der Waals surface area contributed by atoms with Gasteiger partial charge in [0.1, 0.15) is 0 Å². The molecule has 0 fully saturated rings. The van der Waals surface area contributed by atoms with Gasteiger partial charge in [0.15, 0.2) is 0 Å². The van der Waals surface area contributed by atoms with Crippen molar-refractivity contribution in [1.29, 1.82) is 0 Å². The van der Waals surface area contributed by atoms with Gasteiger partial charge in [0.25, 0.3) is 0 Å². The standard InChI is InChI=1S/C15H26N2OS/c1-4-8-17(9-5-2)11-7-6-10-16(3)13-12-14(19)15(13)18/h12H,4-11H2,1-3H3. The molecule has 3 nitrogen and oxygen atoms in total. The first kappa shape index (κ1) is 16.3. The van der Waals surface area contributed by atoms with E-state index in [1.807, 2.05) is 11.9 Å². The highest BCUT2D eigenvalue weighted by Gasteiger charge is 2.11. The molecular weight excluding hydrogens is 256 g/mol. The normalized spacial score (nSPS) is 11.4. The quantitative estimate of drug-likeness (QED) is 0.486. The van der Waals surface area contributed by atoms with Crippen LogP contribution in [0.1, 0.15) is 39.5 Å². The average Bonchev–Trinajstić information content (AvgIpc) is 2.40. The number of anilines is 1. The molecule has 1 rings (SSSR count). The largest absolute Gasteiger partial charge is 0.371 e. The first-order valence-corrected chi connectivity index (χ1v) is 7.74. The minimum absolute atomic E-state index is 0.0380. The smallest absolute Gasteiger partial charge is 0.219 e. The monoisotopic (exact) mass is 282 g/mol. The predicted octanol–water partition coefficient (Wildman–Crippen LogP) is 2.99. The number of rotatable bonds is 10. The minimum atomic E-state index is 0.0380. The molecule has 0 aliphatic heterocycles. The van der Waals surface area contributed by atoms with Crippen LogP contribution in [0.3, 0.4) is 0 Å². The molecule has 1 aromatic carbocycles. The molecule has 0 aliphatic carbocycles. The number of hydrogen-bond donors (Lipinski definition) is 0. The van der Waals surface area contributed by atoms with E-state index in [1.165, 1.54) is 38.9 Å². The average molecular weight is 282 g/mol. The molecule has 0 heterocycles. The summed E-state index contributed by atoms with van der Waals surface area (Å²) in [4.78, 5) is 16.0. The third kappa shape index (κ3) is 5.03. The Balaban J connectivity index is 2.21. The highest BCUT2D eigenvalue weighted by atomic mass is 32.1. The van der Waals surface area contributed by atoms with Gasteiger partial charge in [0.05, 0.1) is 10.2 Å². The van der Waals surface area contributed by atoms with Gasteiger partial charge in [0, 0.05) is 13.6 Å². The van der Waals surface area contributed by atoms with Crippen molar-refractivity contribution < 1.29 is 0 Å². The highest BCUT2D eigenvalue weighted by Crippen LogP contribution is 2.11. The summed E-state index contributed by atoms with van der Waals surface area (Å²) in [6.07, 6.45) is 4.76. The Morgan fingerprint density at radius 2 is 1.63 bits per heavy atom. The Morgan fingerprint density at radius 3 is 2.11 bits per heavy atom. The van der Waals surface area contributed by atoms with Gasteiger partial charge in [-0.05, 0) is 51.4 Å². The molecule has 0 unspecified atom stereocenters. The second kappa shape index (κ2) is 8.43. The van der Waals surface area contributed by atoms with Gasteiger partial charge in [-0.1, -0.05) is 26.1 Å². The molecule has 0 bridgehead atoms. The summed E-state index contributed by atoms with van der Waals surface area (Å²) in [6.45, 7) is 8.96. The lowest BCUT2D eigenvalue weighted by atomic mass is 10.2. The lowest BCUT2D eigenvalue weighted by molar-refractivity contribution is 0.269. The van der Waals surface area contributed by atoms with E-state index in [9.17, 15) is 4.79 Å². The Labute approximate surface area is 121 Å². The Kier molecular flexibility index (Phi) is 7.24. The van der Waals surface area contributed by atoms with Crippen LogP contribution in [0.15, 0.2) is 10.9 Å². The predicted molar refractivity (Wildman–Crippen MR) is 85.4 cm³/mol. The second-order valence-corrected chi connectivity index (χ2v) is 5.63. The van der Waals surface area contributed by atoms with E-state index < -0.39 is 0 Å². The lowest BCUT2D eigenvalue weighted by Crippen LogP contribution is -2.29. The molecule has 0 radical (unpaired) electrons. The summed E-state index contributed by atoms with van der Waals surface area (Å²) in [5.41, 5.74) is 0.820. The maximum atomic E-state index is 11.5. The van der Waals surface area contributed by atoms with Gasteiger partial charge >= 0.3 is 0 Å². The molecule has 108 valence electrons. The molecule has 1 aromatic rings. The molecule has 0 amide bonds. The Bertz CT molecular complexity index is 431. The number of unbranched alkanes of at least 4 members (excludes halogenated alkanes) is 1. The topological polar surface area (TPSA) is 23.6 Å². The van der Waals surface area contributed by atoms with E-state index in [0.717, 1.165) is 18.7 Å². The van der Waals surface area contributed by atoms with Crippen LogP contribution in [-0.2, 0) is 0 Å². The molecule has 0 saturated heterocycles. The Hall–Kier alpha value is -0.740. The second-order valence-electron chi connectivity index (χ2n) is 5.19. The van der Waals surface area contributed by atoms with Gasteiger partial charge in [-0.3, -0.25) is 4.79 Å². The maximum Gasteiger partial charge on any atom is 0.219 e. The van der Waals surface area contributed by atoms with Crippen LogP contribution < -0.4 is 10.3 Å². The molecule has 19 heavy (non-hydrogen) atoms. The highest BCUT2D eigenvalue weighted by molar-refractivity contribution is 7.71. The summed E-state index contributed by atoms with van der Waals surface area (Å²) in [5.74, 6) is 0. The fourth-order valence-corrected chi connectivity index (χ4v) is 2.58. The molecule has 0 atom stereocenters. The molecule has 0 spiro atoms. The fourth-order valence-electron chi connectivity index (χ4n) is 2.36. The minimum Gasteiger partial charge on any atom is -0.371 e. The fraction of sp³-hybridized carbons (Fsp3) is 0.733. The zero-order valence-corrected chi connectivity index (χ0v) is 13.3. The van der Waals surface area contributed by atoms with Crippen LogP contribution >= 0.6 is 12.2 Å². The molecule has 0 saturated carbocycles. The molecule has 0 aliphatic rings. The van der Waals surface area contributed by atoms with Crippen molar-refractivity contribution >= 4 is 17.9 Å². The van der Waals surface area contributed by atoms with Crippen molar-refractivity contribution in [1.82, 2.24) is 4.90 Å². The van der Waals surface area contributed by atoms with Crippen LogP contribution in [0.25, 0.3) is 0 Å². The van der Waals surface area contributed by atoms with Crippen molar-refractivity contribution in [3.05, 3.63) is 20.8 Å². The summed E-state index contributed by atoms with van der Waals surface area (Å²) in [6, 6.07) is 1.80. The van der Waals surface area contributed by atoms with Crippen molar-refractivity contribution in [2.24, 2.45) is 0 Å². The van der Waals surface area contributed by atoms with Gasteiger partial charge in [0.2, 0.25) is 5.43 Å². The summed E-state index contributed by atoms with van der Waals surface area (Å²) >= 11 is 4.87. The van der Waals surface area contributed by atoms with Crippen LogP contribution in [0.4, 0.5) is 5.69 Å². The lowest BCUT2D eigenvalue weighted by Gasteiger charge is -2.23. The van der Waals surface area contributed by atoms with Crippen molar-refractivity contribution in [3.8, 4) is 0 Å². The summed E-state index contributed by atoms with van der Waals surface area (Å²) in [5, 5.41) is 0. The van der Waals surface area contributed by atoms with Gasteiger partial charge in [-0.2, -0.15) is 0 Å². The summed E-state index contributed by atoms with van der Waals surface area (Å²) < 4.78 is 0.471. The van der Waals surface area contributed by atoms with E-state index in [1.54, 1.807) is 6.07 Å². The van der Waals surface area contributed by atoms with Crippen molar-refractivity contribution in [2.75, 3.05) is 38.1 Å². The zero-order valence-electron chi connectivity index (χ0n) is 12.4. The van der Waals surface area contributed by atoms with E-state index in [0.29, 0.717) is 4.51 Å². The van der Waals surface area contributed by atoms with Crippen LogP contribution in [0.2, 0.25) is 0 Å². The summed E-state index contributed by atoms with van der Waals surface area (Å²) in [7, 11) is 1.97. The van der Waals surface area contributed by atoms with Gasteiger partial charge in [-0.25, -0.2) is 0 Å². The van der Waals surface area contributed by atoms with Crippen molar-refractivity contribution in [3.63, 3.8) is 0 Å². The molecule has 0 aromatic heterocycles. The third-order valence-corrected chi connectivity index (χ3v) is 3.74. The van der Waals surface area contributed by atoms with E-state index in [-0.39, 0.29) is 5.43 Å². The van der Waals surface area contributed by atoms with Gasteiger partial charge in [-0.15, -0.1) is 0 Å². The van der Waals surface area contributed by atoms with Crippen LogP contribution in [0, 0.1) is 4.51 Å². The van der Waals surface area contributed by atoms with E-state index in [2.05, 4.69) is 18.7 Å². The molecule has 0 N–H and O–H groups in total. The van der Waals surface area contributed by atoms with Crippen LogP contribution in [0.5, 0.6) is 0 Å². The van der Waals surface area contributed by atoms with Crippen molar-refractivity contribution in [2.45, 2.75) is 39.5 Å². The zero-order chi connectivity index (χ0) is 14.3. The maximum absolute atomic E-state index is 11.5. The first-order valence-electron chi connectivity index (χ1n) is 7.34. The Morgan fingerprint density at radius 1 is 1.05 bits per heavy atom. The van der Waals surface area contributed by atoms with E-state index >= 15 is 0 Å². The van der Waals surface area contributed by atoms with Crippen LogP contribution in [-0.4, -0.2) is 38.1 Å². The SMILES string of the molecule is CCCN(CCC)CCCCN(C)c1cc(=S)c1=O.